The summed E-state index contributed by atoms with van der Waals surface area (Å²) < 4.78 is 0. The van der Waals surface area contributed by atoms with Crippen molar-refractivity contribution < 1.29 is 9.59 Å². The highest BCUT2D eigenvalue weighted by Gasteiger charge is 2.17. The Morgan fingerprint density at radius 2 is 2.00 bits per heavy atom. The average molecular weight is 322 g/mol. The van der Waals surface area contributed by atoms with Gasteiger partial charge in [0, 0.05) is 11.3 Å². The Labute approximate surface area is 136 Å². The largest absolute Gasteiger partial charge is 0.279 e. The molecule has 5 heteroatoms. The van der Waals surface area contributed by atoms with Crippen LogP contribution in [-0.2, 0) is 17.6 Å². The average Bonchev–Trinajstić information content (AvgIpc) is 2.76. The van der Waals surface area contributed by atoms with Crippen LogP contribution in [0.25, 0.3) is 0 Å². The molecule has 0 aromatic carbocycles. The van der Waals surface area contributed by atoms with E-state index in [9.17, 15) is 9.59 Å². The first-order valence-corrected chi connectivity index (χ1v) is 9.12. The van der Waals surface area contributed by atoms with Crippen molar-refractivity contribution >= 4 is 23.2 Å². The lowest BCUT2D eigenvalue weighted by atomic mass is 10.0. The van der Waals surface area contributed by atoms with Crippen molar-refractivity contribution in [3.05, 3.63) is 21.4 Å². The summed E-state index contributed by atoms with van der Waals surface area (Å²) in [6, 6.07) is 1.99. The summed E-state index contributed by atoms with van der Waals surface area (Å²) in [6.07, 6.45) is 8.39. The van der Waals surface area contributed by atoms with E-state index in [1.165, 1.54) is 29.7 Å². The predicted octanol–water partition coefficient (Wildman–Crippen LogP) is 3.60. The molecular formula is C17H26N2O2S. The highest BCUT2D eigenvalue weighted by Crippen LogP contribution is 2.28. The third-order valence-electron chi connectivity index (χ3n) is 4.10. The van der Waals surface area contributed by atoms with Gasteiger partial charge in [-0.15, -0.1) is 11.3 Å². The second-order valence-corrected chi connectivity index (χ2v) is 7.36. The van der Waals surface area contributed by atoms with Gasteiger partial charge in [0.05, 0.1) is 4.88 Å². The van der Waals surface area contributed by atoms with Gasteiger partial charge in [0.2, 0.25) is 5.91 Å². The Morgan fingerprint density at radius 3 is 2.77 bits per heavy atom. The van der Waals surface area contributed by atoms with Crippen LogP contribution in [0.4, 0.5) is 0 Å². The fraction of sp³-hybridized carbons (Fsp3) is 0.647. The predicted molar refractivity (Wildman–Crippen MR) is 89.9 cm³/mol. The number of carbonyl (C=O) groups is 2. The fourth-order valence-electron chi connectivity index (χ4n) is 2.93. The quantitative estimate of drug-likeness (QED) is 0.643. The van der Waals surface area contributed by atoms with Crippen LogP contribution in [0, 0.1) is 5.92 Å². The number of rotatable bonds is 5. The first-order valence-electron chi connectivity index (χ1n) is 8.31. The molecule has 0 radical (unpaired) electrons. The van der Waals surface area contributed by atoms with Crippen LogP contribution >= 0.6 is 11.3 Å². The van der Waals surface area contributed by atoms with Gasteiger partial charge in [0.15, 0.2) is 0 Å². The lowest BCUT2D eigenvalue weighted by Crippen LogP contribution is -2.41. The van der Waals surface area contributed by atoms with Crippen molar-refractivity contribution in [2.24, 2.45) is 5.92 Å². The number of nitrogens with one attached hydrogen (secondary N) is 2. The van der Waals surface area contributed by atoms with E-state index in [1.54, 1.807) is 11.3 Å². The number of thiophene rings is 1. The molecule has 122 valence electrons. The maximum Gasteiger partial charge on any atom is 0.279 e. The normalized spacial score (nSPS) is 15.5. The summed E-state index contributed by atoms with van der Waals surface area (Å²) in [4.78, 5) is 26.0. The number of carbonyl (C=O) groups excluding carboxylic acids is 2. The molecule has 1 aliphatic rings. The molecule has 0 fully saturated rings. The Hall–Kier alpha value is -1.36. The van der Waals surface area contributed by atoms with E-state index in [0.717, 1.165) is 25.7 Å². The standard InChI is InChI=1S/C17H26N2O2S/c1-3-7-12(2)10-16(20)18-19-17(21)15-11-13-8-5-4-6-9-14(13)22-15/h11-12H,3-10H2,1-2H3,(H,18,20)(H,19,21). The molecule has 0 spiro atoms. The highest BCUT2D eigenvalue weighted by molar-refractivity contribution is 7.14. The van der Waals surface area contributed by atoms with Crippen LogP contribution in [0.3, 0.4) is 0 Å². The van der Waals surface area contributed by atoms with Gasteiger partial charge < -0.3 is 0 Å². The summed E-state index contributed by atoms with van der Waals surface area (Å²) in [5.74, 6) is 0.0293. The summed E-state index contributed by atoms with van der Waals surface area (Å²) in [7, 11) is 0. The minimum Gasteiger partial charge on any atom is -0.273 e. The van der Waals surface area contributed by atoms with Gasteiger partial charge in [0.25, 0.3) is 5.91 Å². The Morgan fingerprint density at radius 1 is 1.23 bits per heavy atom. The number of hydrogen-bond donors (Lipinski definition) is 2. The Bertz CT molecular complexity index is 501. The minimum atomic E-state index is -0.199. The van der Waals surface area contributed by atoms with Crippen LogP contribution < -0.4 is 10.9 Å². The Kier molecular flexibility index (Phi) is 6.43. The first-order chi connectivity index (χ1) is 10.6. The van der Waals surface area contributed by atoms with E-state index in [0.29, 0.717) is 17.2 Å². The molecule has 1 heterocycles. The molecule has 0 saturated heterocycles. The number of amides is 2. The highest BCUT2D eigenvalue weighted by atomic mass is 32.1. The third-order valence-corrected chi connectivity index (χ3v) is 5.34. The maximum atomic E-state index is 12.1. The van der Waals surface area contributed by atoms with Crippen LogP contribution in [0.2, 0.25) is 0 Å². The second-order valence-electron chi connectivity index (χ2n) is 6.22. The van der Waals surface area contributed by atoms with Crippen LogP contribution in [0.5, 0.6) is 0 Å². The monoisotopic (exact) mass is 322 g/mol. The van der Waals surface area contributed by atoms with Crippen molar-refractivity contribution in [1.29, 1.82) is 0 Å². The molecule has 2 rings (SSSR count). The minimum absolute atomic E-state index is 0.118. The molecule has 0 saturated carbocycles. The Balaban J connectivity index is 1.83. The molecule has 2 N–H and O–H groups in total. The molecule has 0 bridgehead atoms. The van der Waals surface area contributed by atoms with Crippen molar-refractivity contribution in [3.8, 4) is 0 Å². The molecule has 0 aliphatic heterocycles. The number of aryl methyl sites for hydroxylation is 2. The van der Waals surface area contributed by atoms with Crippen LogP contribution in [-0.4, -0.2) is 11.8 Å². The zero-order chi connectivity index (χ0) is 15.9. The van der Waals surface area contributed by atoms with E-state index < -0.39 is 0 Å². The number of fused-ring (bicyclic) bond motifs is 1. The van der Waals surface area contributed by atoms with E-state index in [-0.39, 0.29) is 11.8 Å². The van der Waals surface area contributed by atoms with Crippen molar-refractivity contribution in [3.63, 3.8) is 0 Å². The fourth-order valence-corrected chi connectivity index (χ4v) is 4.08. The van der Waals surface area contributed by atoms with Crippen molar-refractivity contribution in [2.75, 3.05) is 0 Å². The van der Waals surface area contributed by atoms with E-state index in [1.807, 2.05) is 6.07 Å². The molecule has 4 nitrogen and oxygen atoms in total. The van der Waals surface area contributed by atoms with Crippen LogP contribution in [0.1, 0.15) is 72.5 Å². The molecule has 1 aliphatic carbocycles. The van der Waals surface area contributed by atoms with E-state index in [4.69, 9.17) is 0 Å². The van der Waals surface area contributed by atoms with Gasteiger partial charge in [-0.05, 0) is 43.2 Å². The second kappa shape index (κ2) is 8.32. The SMILES string of the molecule is CCCC(C)CC(=O)NNC(=O)c1cc2c(s1)CCCCC2. The molecule has 2 amide bonds. The maximum absolute atomic E-state index is 12.1. The molecule has 1 aromatic heterocycles. The van der Waals surface area contributed by atoms with Gasteiger partial charge in [-0.25, -0.2) is 0 Å². The van der Waals surface area contributed by atoms with Gasteiger partial charge in [0.1, 0.15) is 0 Å². The summed E-state index contributed by atoms with van der Waals surface area (Å²) in [5, 5.41) is 0. The number of hydrogen-bond acceptors (Lipinski definition) is 3. The van der Waals surface area contributed by atoms with E-state index in [2.05, 4.69) is 24.7 Å². The molecule has 1 unspecified atom stereocenters. The topological polar surface area (TPSA) is 58.2 Å². The van der Waals surface area contributed by atoms with Gasteiger partial charge in [-0.1, -0.05) is 33.1 Å². The summed E-state index contributed by atoms with van der Waals surface area (Å²) in [6.45, 7) is 4.16. The first kappa shape index (κ1) is 17.0. The van der Waals surface area contributed by atoms with Gasteiger partial charge in [-0.2, -0.15) is 0 Å². The molecule has 1 atom stereocenters. The zero-order valence-corrected chi connectivity index (χ0v) is 14.4. The zero-order valence-electron chi connectivity index (χ0n) is 13.5. The molecule has 1 aromatic rings. The number of hydrazine groups is 1. The molecule has 22 heavy (non-hydrogen) atoms. The van der Waals surface area contributed by atoms with Crippen molar-refractivity contribution in [2.45, 2.75) is 65.2 Å². The van der Waals surface area contributed by atoms with Crippen molar-refractivity contribution in [1.82, 2.24) is 10.9 Å². The van der Waals surface area contributed by atoms with Crippen LogP contribution in [0.15, 0.2) is 6.07 Å². The van der Waals surface area contributed by atoms with Gasteiger partial charge in [-0.3, -0.25) is 20.4 Å². The smallest absolute Gasteiger partial charge is 0.273 e. The molecular weight excluding hydrogens is 296 g/mol. The lowest BCUT2D eigenvalue weighted by Gasteiger charge is -2.10. The lowest BCUT2D eigenvalue weighted by molar-refractivity contribution is -0.122. The third kappa shape index (κ3) is 4.83. The van der Waals surface area contributed by atoms with Gasteiger partial charge >= 0.3 is 0 Å². The summed E-state index contributed by atoms with van der Waals surface area (Å²) in [5.41, 5.74) is 6.39. The van der Waals surface area contributed by atoms with E-state index >= 15 is 0 Å². The summed E-state index contributed by atoms with van der Waals surface area (Å²) >= 11 is 1.57.